The van der Waals surface area contributed by atoms with E-state index in [0.29, 0.717) is 5.82 Å². The lowest BCUT2D eigenvalue weighted by molar-refractivity contribution is -0.419. The molecule has 0 aromatic rings. The predicted molar refractivity (Wildman–Crippen MR) is 52.7 cm³/mol. The summed E-state index contributed by atoms with van der Waals surface area (Å²) in [5.41, 5.74) is 2.56. The molecule has 0 bridgehead atoms. The summed E-state index contributed by atoms with van der Waals surface area (Å²) in [6.45, 7) is 1.61. The molecule has 1 N–H and O–H groups in total. The van der Waals surface area contributed by atoms with E-state index in [0.717, 1.165) is 0 Å². The minimum atomic E-state index is -0.458. The molecule has 0 unspecified atom stereocenters. The Bertz CT molecular complexity index is 259. The molecule has 0 aromatic heterocycles. The van der Waals surface area contributed by atoms with Crippen molar-refractivity contribution in [2.45, 2.75) is 6.92 Å². The molecule has 6 nitrogen and oxygen atoms in total. The SMILES string of the molecule is C/C=C(\C=C(/NOC)N(C)C)[N+](=O)[O-]. The minimum Gasteiger partial charge on any atom is -0.363 e. The van der Waals surface area contributed by atoms with Crippen LogP contribution in [-0.2, 0) is 4.84 Å². The number of hydrogen-bond donors (Lipinski definition) is 1. The maximum absolute atomic E-state index is 10.5. The van der Waals surface area contributed by atoms with Gasteiger partial charge in [0.1, 0.15) is 5.82 Å². The largest absolute Gasteiger partial charge is 0.363 e. The molecule has 80 valence electrons. The van der Waals surface area contributed by atoms with Crippen LogP contribution >= 0.6 is 0 Å². The van der Waals surface area contributed by atoms with Gasteiger partial charge in [-0.05, 0) is 13.0 Å². The van der Waals surface area contributed by atoms with Crippen LogP contribution in [0.3, 0.4) is 0 Å². The van der Waals surface area contributed by atoms with Crippen LogP contribution in [0.25, 0.3) is 0 Å². The molecule has 0 heterocycles. The molecule has 0 aliphatic carbocycles. The maximum Gasteiger partial charge on any atom is 0.268 e. The molecule has 0 rings (SSSR count). The second-order valence-electron chi connectivity index (χ2n) is 2.70. The second-order valence-corrected chi connectivity index (χ2v) is 2.70. The number of rotatable bonds is 5. The second kappa shape index (κ2) is 5.98. The Morgan fingerprint density at radius 2 is 2.14 bits per heavy atom. The van der Waals surface area contributed by atoms with E-state index in [2.05, 4.69) is 10.3 Å². The van der Waals surface area contributed by atoms with Crippen LogP contribution < -0.4 is 5.48 Å². The summed E-state index contributed by atoms with van der Waals surface area (Å²) in [7, 11) is 4.95. The zero-order valence-corrected chi connectivity index (χ0v) is 8.77. The van der Waals surface area contributed by atoms with E-state index in [1.165, 1.54) is 19.3 Å². The third kappa shape index (κ3) is 3.90. The zero-order valence-electron chi connectivity index (χ0n) is 8.77. The Labute approximate surface area is 82.9 Å². The molecule has 0 saturated carbocycles. The van der Waals surface area contributed by atoms with Gasteiger partial charge < -0.3 is 4.90 Å². The quantitative estimate of drug-likeness (QED) is 0.403. The lowest BCUT2D eigenvalue weighted by Gasteiger charge is -2.16. The molecule has 6 heteroatoms. The summed E-state index contributed by atoms with van der Waals surface area (Å²) in [5, 5.41) is 10.5. The molecule has 0 aliphatic rings. The molecule has 0 atom stereocenters. The number of hydrogen-bond acceptors (Lipinski definition) is 5. The monoisotopic (exact) mass is 201 g/mol. The van der Waals surface area contributed by atoms with Gasteiger partial charge in [0.05, 0.1) is 18.1 Å². The topological polar surface area (TPSA) is 67.6 Å². The highest BCUT2D eigenvalue weighted by Crippen LogP contribution is 2.03. The van der Waals surface area contributed by atoms with Crippen molar-refractivity contribution < 1.29 is 9.76 Å². The van der Waals surface area contributed by atoms with Crippen molar-refractivity contribution in [3.63, 3.8) is 0 Å². The van der Waals surface area contributed by atoms with Gasteiger partial charge in [0, 0.05) is 14.1 Å². The average molecular weight is 201 g/mol. The minimum absolute atomic E-state index is 0.0123. The van der Waals surface area contributed by atoms with E-state index in [1.54, 1.807) is 25.9 Å². The van der Waals surface area contributed by atoms with Crippen LogP contribution in [-0.4, -0.2) is 31.0 Å². The third-order valence-corrected chi connectivity index (χ3v) is 1.48. The molecule has 0 saturated heterocycles. The Hall–Kier alpha value is -1.56. The van der Waals surface area contributed by atoms with Gasteiger partial charge in [0.25, 0.3) is 5.70 Å². The fraction of sp³-hybridized carbons (Fsp3) is 0.500. The number of nitro groups is 1. The van der Waals surface area contributed by atoms with E-state index >= 15 is 0 Å². The predicted octanol–water partition coefficient (Wildman–Crippen LogP) is 0.721. The number of nitrogens with one attached hydrogen (secondary N) is 1. The summed E-state index contributed by atoms with van der Waals surface area (Å²) in [6, 6.07) is 0. The van der Waals surface area contributed by atoms with Gasteiger partial charge in [-0.25, -0.2) is 0 Å². The van der Waals surface area contributed by atoms with Gasteiger partial charge in [0.2, 0.25) is 0 Å². The highest BCUT2D eigenvalue weighted by molar-refractivity contribution is 5.14. The molecule has 0 fully saturated rings. The van der Waals surface area contributed by atoms with Crippen LogP contribution in [0.15, 0.2) is 23.7 Å². The number of allylic oxidation sites excluding steroid dienone is 2. The molecule has 0 amide bonds. The van der Waals surface area contributed by atoms with Crippen LogP contribution in [0.5, 0.6) is 0 Å². The summed E-state index contributed by atoms with van der Waals surface area (Å²) >= 11 is 0. The lowest BCUT2D eigenvalue weighted by atomic mass is 10.4. The van der Waals surface area contributed by atoms with Crippen molar-refractivity contribution in [1.29, 1.82) is 0 Å². The molecule has 0 aromatic carbocycles. The van der Waals surface area contributed by atoms with E-state index in [4.69, 9.17) is 0 Å². The van der Waals surface area contributed by atoms with E-state index in [-0.39, 0.29) is 5.70 Å². The van der Waals surface area contributed by atoms with Crippen molar-refractivity contribution in [1.82, 2.24) is 10.4 Å². The van der Waals surface area contributed by atoms with Gasteiger partial charge in [-0.15, -0.1) is 0 Å². The van der Waals surface area contributed by atoms with Gasteiger partial charge in [-0.3, -0.25) is 20.4 Å². The third-order valence-electron chi connectivity index (χ3n) is 1.48. The highest BCUT2D eigenvalue weighted by atomic mass is 16.6. The normalized spacial score (nSPS) is 12.6. The first-order valence-electron chi connectivity index (χ1n) is 4.01. The molecular weight excluding hydrogens is 186 g/mol. The van der Waals surface area contributed by atoms with E-state index in [9.17, 15) is 10.1 Å². The van der Waals surface area contributed by atoms with Crippen LogP contribution in [0.4, 0.5) is 0 Å². The van der Waals surface area contributed by atoms with Crippen molar-refractivity contribution in [2.75, 3.05) is 21.2 Å². The fourth-order valence-corrected chi connectivity index (χ4v) is 0.736. The Kier molecular flexibility index (Phi) is 5.31. The van der Waals surface area contributed by atoms with Crippen LogP contribution in [0.1, 0.15) is 6.92 Å². The van der Waals surface area contributed by atoms with Crippen molar-refractivity contribution in [3.8, 4) is 0 Å². The van der Waals surface area contributed by atoms with Gasteiger partial charge >= 0.3 is 0 Å². The highest BCUT2D eigenvalue weighted by Gasteiger charge is 2.08. The Morgan fingerprint density at radius 1 is 1.57 bits per heavy atom. The molecule has 0 aliphatic heterocycles. The first-order chi connectivity index (χ1) is 6.52. The smallest absolute Gasteiger partial charge is 0.268 e. The van der Waals surface area contributed by atoms with Crippen LogP contribution in [0, 0.1) is 10.1 Å². The summed E-state index contributed by atoms with van der Waals surface area (Å²) in [4.78, 5) is 16.4. The van der Waals surface area contributed by atoms with E-state index in [1.807, 2.05) is 0 Å². The lowest BCUT2D eigenvalue weighted by Crippen LogP contribution is -2.25. The maximum atomic E-state index is 10.5. The van der Waals surface area contributed by atoms with Crippen molar-refractivity contribution in [3.05, 3.63) is 33.8 Å². The zero-order chi connectivity index (χ0) is 11.1. The van der Waals surface area contributed by atoms with Gasteiger partial charge in [-0.1, -0.05) is 0 Å². The molecular formula is C8H15N3O3. The van der Waals surface area contributed by atoms with Gasteiger partial charge in [-0.2, -0.15) is 0 Å². The van der Waals surface area contributed by atoms with Crippen molar-refractivity contribution >= 4 is 0 Å². The summed E-state index contributed by atoms with van der Waals surface area (Å²) in [5.74, 6) is 0.511. The average Bonchev–Trinajstić information content (AvgIpc) is 2.11. The van der Waals surface area contributed by atoms with Crippen LogP contribution in [0.2, 0.25) is 0 Å². The molecule has 0 radical (unpaired) electrons. The molecule has 14 heavy (non-hydrogen) atoms. The molecule has 0 spiro atoms. The first kappa shape index (κ1) is 12.4. The Morgan fingerprint density at radius 3 is 2.43 bits per heavy atom. The standard InChI is InChI=1S/C8H15N3O3/c1-5-7(11(12)13)6-8(9-14-4)10(2)3/h5-6,9H,1-4H3/b7-5+,8-6+. The first-order valence-corrected chi connectivity index (χ1v) is 4.01. The van der Waals surface area contributed by atoms with Gasteiger partial charge in [0.15, 0.2) is 0 Å². The summed E-state index contributed by atoms with van der Waals surface area (Å²) < 4.78 is 0. The number of nitrogens with zero attached hydrogens (tertiary/aromatic N) is 2. The Balaban J connectivity index is 4.79. The van der Waals surface area contributed by atoms with Crippen molar-refractivity contribution in [2.24, 2.45) is 0 Å². The van der Waals surface area contributed by atoms with E-state index < -0.39 is 4.92 Å². The summed E-state index contributed by atoms with van der Waals surface area (Å²) in [6.07, 6.45) is 2.81. The number of hydroxylamine groups is 1. The fourth-order valence-electron chi connectivity index (χ4n) is 0.736.